The minimum atomic E-state index is -4.71. The number of pyridine rings is 2. The number of carbonyl (C=O) groups is 1. The molecule has 4 heterocycles. The van der Waals surface area contributed by atoms with E-state index in [1.54, 1.807) is 43.4 Å². The van der Waals surface area contributed by atoms with Gasteiger partial charge in [0, 0.05) is 24.9 Å². The highest BCUT2D eigenvalue weighted by Crippen LogP contribution is 2.44. The van der Waals surface area contributed by atoms with Crippen LogP contribution in [0.25, 0.3) is 5.65 Å². The molecule has 1 aliphatic rings. The van der Waals surface area contributed by atoms with E-state index in [0.29, 0.717) is 34.0 Å². The third-order valence-electron chi connectivity index (χ3n) is 7.85. The van der Waals surface area contributed by atoms with Gasteiger partial charge >= 0.3 is 12.1 Å². The third kappa shape index (κ3) is 5.63. The van der Waals surface area contributed by atoms with Gasteiger partial charge in [-0.3, -0.25) is 9.20 Å². The van der Waals surface area contributed by atoms with Crippen LogP contribution in [0.3, 0.4) is 0 Å². The van der Waals surface area contributed by atoms with Gasteiger partial charge in [-0.25, -0.2) is 13.5 Å². The molecule has 0 aliphatic carbocycles. The molecule has 0 saturated carbocycles. The fourth-order valence-corrected chi connectivity index (χ4v) is 6.96. The lowest BCUT2D eigenvalue weighted by molar-refractivity contribution is -0.147. The number of hydrogen-bond donors (Lipinski definition) is 1. The summed E-state index contributed by atoms with van der Waals surface area (Å²) in [7, 11) is -1.59. The molecule has 1 unspecified atom stereocenters. The second-order valence-electron chi connectivity index (χ2n) is 12.0. The van der Waals surface area contributed by atoms with Crippen molar-refractivity contribution in [3.8, 4) is 5.88 Å². The van der Waals surface area contributed by atoms with E-state index in [0.717, 1.165) is 15.5 Å². The van der Waals surface area contributed by atoms with Crippen molar-refractivity contribution in [2.24, 2.45) is 5.41 Å². The lowest BCUT2D eigenvalue weighted by Crippen LogP contribution is -2.41. The maximum absolute atomic E-state index is 13.7. The number of ether oxygens (including phenoxy) is 1. The van der Waals surface area contributed by atoms with Crippen molar-refractivity contribution < 1.29 is 32.0 Å². The van der Waals surface area contributed by atoms with Crippen molar-refractivity contribution in [3.05, 3.63) is 82.4 Å². The lowest BCUT2D eigenvalue weighted by atomic mass is 9.70. The Morgan fingerprint density at radius 3 is 2.56 bits per heavy atom. The Hall–Kier alpha value is -3.84. The van der Waals surface area contributed by atoms with Crippen molar-refractivity contribution >= 4 is 22.6 Å². The van der Waals surface area contributed by atoms with Crippen molar-refractivity contribution in [1.82, 2.24) is 23.9 Å². The highest BCUT2D eigenvalue weighted by atomic mass is 32.2. The van der Waals surface area contributed by atoms with Gasteiger partial charge in [0.1, 0.15) is 21.5 Å². The molecule has 3 aromatic heterocycles. The molecule has 228 valence electrons. The van der Waals surface area contributed by atoms with Gasteiger partial charge in [-0.1, -0.05) is 18.2 Å². The number of rotatable bonds is 6. The molecule has 0 amide bonds. The number of benzene rings is 1. The minimum Gasteiger partial charge on any atom is -0.481 e. The van der Waals surface area contributed by atoms with E-state index in [1.165, 1.54) is 12.3 Å². The van der Waals surface area contributed by atoms with E-state index in [-0.39, 0.29) is 12.2 Å². The Kier molecular flexibility index (Phi) is 7.62. The van der Waals surface area contributed by atoms with Crippen LogP contribution in [0, 0.1) is 19.3 Å². The Morgan fingerprint density at radius 2 is 1.88 bits per heavy atom. The average Bonchev–Trinajstić information content (AvgIpc) is 3.33. The molecule has 0 bridgehead atoms. The van der Waals surface area contributed by atoms with Crippen molar-refractivity contribution in [1.29, 1.82) is 0 Å². The highest BCUT2D eigenvalue weighted by Gasteiger charge is 2.42. The van der Waals surface area contributed by atoms with Crippen LogP contribution in [0.1, 0.15) is 67.3 Å². The van der Waals surface area contributed by atoms with Gasteiger partial charge in [0.15, 0.2) is 5.65 Å². The van der Waals surface area contributed by atoms with Crippen LogP contribution in [-0.2, 0) is 28.5 Å². The summed E-state index contributed by atoms with van der Waals surface area (Å²) in [5, 5.41) is 17.4. The fourth-order valence-electron chi connectivity index (χ4n) is 5.56. The molecule has 0 spiro atoms. The number of fused-ring (bicyclic) bond motifs is 2. The first kappa shape index (κ1) is 30.6. The lowest BCUT2D eigenvalue weighted by Gasteiger charge is -2.33. The Bertz CT molecular complexity index is 1750. The molecule has 5 rings (SSSR count). The normalized spacial score (nSPS) is 18.1. The van der Waals surface area contributed by atoms with Crippen molar-refractivity contribution in [2.45, 2.75) is 70.7 Å². The van der Waals surface area contributed by atoms with Crippen LogP contribution in [0.5, 0.6) is 5.88 Å². The van der Waals surface area contributed by atoms with Crippen LogP contribution in [-0.4, -0.2) is 51.3 Å². The Morgan fingerprint density at radius 1 is 1.16 bits per heavy atom. The molecule has 9 nitrogen and oxygen atoms in total. The van der Waals surface area contributed by atoms with E-state index < -0.39 is 45.9 Å². The first-order valence-corrected chi connectivity index (χ1v) is 14.7. The summed E-state index contributed by atoms with van der Waals surface area (Å²) in [6, 6.07) is 10.5. The van der Waals surface area contributed by atoms with Crippen LogP contribution < -0.4 is 4.74 Å². The first-order chi connectivity index (χ1) is 20.0. The number of carboxylic acid groups (broad SMARTS) is 1. The van der Waals surface area contributed by atoms with Gasteiger partial charge in [-0.05, 0) is 87.6 Å². The van der Waals surface area contributed by atoms with Gasteiger partial charge < -0.3 is 9.84 Å². The molecule has 0 fully saturated rings. The Balaban J connectivity index is 1.61. The quantitative estimate of drug-likeness (QED) is 0.296. The second kappa shape index (κ2) is 10.7. The molecule has 1 N–H and O–H groups in total. The standard InChI is InChI=1S/C30H32F3N5O4S/c1-17-9-10-19(14-20(17)15-37-16-28(3,4)42-25-22(43(37)41)8-7-12-34-25)23(29(5,6)27(39)40)21-11-13-38-24(18(21)2)35-36-26(38)30(31,32)33/h7-14,23H,15-16H2,1-6H3,(H,39,40)/t23-,43?/m0/s1. The fraction of sp³-hybridized carbons (Fsp3) is 0.400. The molecular formula is C30H32F3N5O4S. The summed E-state index contributed by atoms with van der Waals surface area (Å²) in [5.74, 6) is -2.68. The number of carboxylic acids is 1. The number of hydrogen-bond acceptors (Lipinski definition) is 6. The van der Waals surface area contributed by atoms with Gasteiger partial charge in [0.05, 0.1) is 12.0 Å². The largest absolute Gasteiger partial charge is 0.481 e. The van der Waals surface area contributed by atoms with E-state index in [9.17, 15) is 27.3 Å². The molecule has 2 atom stereocenters. The third-order valence-corrected chi connectivity index (χ3v) is 9.26. The van der Waals surface area contributed by atoms with Crippen LogP contribution in [0.2, 0.25) is 0 Å². The van der Waals surface area contributed by atoms with E-state index in [1.807, 2.05) is 39.0 Å². The molecule has 0 saturated heterocycles. The molecule has 1 aromatic carbocycles. The summed E-state index contributed by atoms with van der Waals surface area (Å²) >= 11 is 0. The summed E-state index contributed by atoms with van der Waals surface area (Å²) < 4.78 is 63.0. The van der Waals surface area contributed by atoms with Gasteiger partial charge in [0.25, 0.3) is 0 Å². The number of aromatic nitrogens is 4. The maximum Gasteiger partial charge on any atom is 0.452 e. The predicted octanol–water partition coefficient (Wildman–Crippen LogP) is 5.70. The maximum atomic E-state index is 13.7. The Labute approximate surface area is 249 Å². The van der Waals surface area contributed by atoms with Gasteiger partial charge in [-0.2, -0.15) is 13.2 Å². The van der Waals surface area contributed by atoms with E-state index in [2.05, 4.69) is 15.2 Å². The predicted molar refractivity (Wildman–Crippen MR) is 153 cm³/mol. The minimum absolute atomic E-state index is 0.00202. The van der Waals surface area contributed by atoms with Crippen LogP contribution in [0.4, 0.5) is 13.2 Å². The van der Waals surface area contributed by atoms with Crippen molar-refractivity contribution in [2.75, 3.05) is 6.54 Å². The SMILES string of the molecule is Cc1ccc([C@@H](c2ccn3c(C(F)(F)F)nnc3c2C)C(C)(C)C(=O)O)cc1CN1CC(C)(C)Oc2ncccc2S1=O. The summed E-state index contributed by atoms with van der Waals surface area (Å²) in [6.07, 6.45) is -1.89. The number of aryl methyl sites for hydroxylation is 2. The molecule has 1 aliphatic heterocycles. The summed E-state index contributed by atoms with van der Waals surface area (Å²) in [5.41, 5.74) is 1.21. The zero-order chi connectivity index (χ0) is 31.5. The summed E-state index contributed by atoms with van der Waals surface area (Å²) in [6.45, 7) is 11.1. The van der Waals surface area contributed by atoms with Crippen LogP contribution >= 0.6 is 0 Å². The van der Waals surface area contributed by atoms with Crippen molar-refractivity contribution in [3.63, 3.8) is 0 Å². The molecular weight excluding hydrogens is 583 g/mol. The zero-order valence-corrected chi connectivity index (χ0v) is 25.4. The van der Waals surface area contributed by atoms with Gasteiger partial charge in [-0.15, -0.1) is 10.2 Å². The van der Waals surface area contributed by atoms with E-state index >= 15 is 0 Å². The molecule has 13 heteroatoms. The molecule has 0 radical (unpaired) electrons. The molecule has 43 heavy (non-hydrogen) atoms. The average molecular weight is 616 g/mol. The van der Waals surface area contributed by atoms with Gasteiger partial charge in [0.2, 0.25) is 11.7 Å². The second-order valence-corrected chi connectivity index (χ2v) is 13.4. The smallest absolute Gasteiger partial charge is 0.452 e. The topological polar surface area (TPSA) is 110 Å². The highest BCUT2D eigenvalue weighted by molar-refractivity contribution is 7.82. The summed E-state index contributed by atoms with van der Waals surface area (Å²) in [4.78, 5) is 17.3. The zero-order valence-electron chi connectivity index (χ0n) is 24.6. The monoisotopic (exact) mass is 615 g/mol. The van der Waals surface area contributed by atoms with E-state index in [4.69, 9.17) is 4.74 Å². The number of alkyl halides is 3. The number of nitrogens with zero attached hydrogens (tertiary/aromatic N) is 5. The first-order valence-electron chi connectivity index (χ1n) is 13.6. The number of halogens is 3. The molecule has 4 aromatic rings. The number of aliphatic carboxylic acids is 1. The van der Waals surface area contributed by atoms with Crippen LogP contribution in [0.15, 0.2) is 53.7 Å².